The number of halogens is 1. The van der Waals surface area contributed by atoms with Crippen molar-refractivity contribution in [2.45, 2.75) is 50.6 Å². The van der Waals surface area contributed by atoms with Gasteiger partial charge in [-0.15, -0.1) is 11.6 Å². The molecule has 0 bridgehead atoms. The molecule has 0 radical (unpaired) electrons. The summed E-state index contributed by atoms with van der Waals surface area (Å²) in [5, 5.41) is 3.72. The van der Waals surface area contributed by atoms with Crippen molar-refractivity contribution in [3.05, 3.63) is 35.9 Å². The summed E-state index contributed by atoms with van der Waals surface area (Å²) in [6, 6.07) is 11.7. The number of alkyl halides is 1. The molecule has 1 unspecified atom stereocenters. The van der Waals surface area contributed by atoms with Crippen LogP contribution in [0.25, 0.3) is 0 Å². The molecule has 1 fully saturated rings. The minimum absolute atomic E-state index is 0.419. The first-order valence-corrected chi connectivity index (χ1v) is 7.28. The van der Waals surface area contributed by atoms with Crippen LogP contribution in [0.5, 0.6) is 0 Å². The molecule has 1 nitrogen and oxygen atoms in total. The molecule has 1 N–H and O–H groups in total. The number of hydrogen-bond donors (Lipinski definition) is 1. The van der Waals surface area contributed by atoms with Crippen LogP contribution in [-0.4, -0.2) is 18.0 Å². The molecule has 2 heteroatoms. The molecule has 1 aliphatic carbocycles. The summed E-state index contributed by atoms with van der Waals surface area (Å²) in [6.45, 7) is 0. The molecular formula is C15H22ClN. The third-order valence-corrected chi connectivity index (χ3v) is 3.96. The molecule has 17 heavy (non-hydrogen) atoms. The van der Waals surface area contributed by atoms with Gasteiger partial charge in [-0.1, -0.05) is 49.6 Å². The second-order valence-electron chi connectivity index (χ2n) is 5.04. The Balaban J connectivity index is 1.83. The van der Waals surface area contributed by atoms with Gasteiger partial charge in [-0.3, -0.25) is 0 Å². The van der Waals surface area contributed by atoms with E-state index >= 15 is 0 Å². The van der Waals surface area contributed by atoms with Gasteiger partial charge in [-0.2, -0.15) is 0 Å². The Kier molecular flexibility index (Phi) is 5.34. The van der Waals surface area contributed by atoms with Crippen LogP contribution in [-0.2, 0) is 6.42 Å². The summed E-state index contributed by atoms with van der Waals surface area (Å²) in [7, 11) is 0. The van der Waals surface area contributed by atoms with E-state index in [1.54, 1.807) is 0 Å². The number of benzene rings is 1. The van der Waals surface area contributed by atoms with Crippen molar-refractivity contribution in [3.8, 4) is 0 Å². The topological polar surface area (TPSA) is 12.0 Å². The third-order valence-electron chi connectivity index (χ3n) is 3.59. The van der Waals surface area contributed by atoms with Gasteiger partial charge in [-0.25, -0.2) is 0 Å². The van der Waals surface area contributed by atoms with Gasteiger partial charge in [0.15, 0.2) is 0 Å². The maximum absolute atomic E-state index is 6.07. The van der Waals surface area contributed by atoms with E-state index in [1.165, 1.54) is 37.7 Å². The summed E-state index contributed by atoms with van der Waals surface area (Å²) in [6.07, 6.45) is 7.84. The van der Waals surface area contributed by atoms with E-state index in [4.69, 9.17) is 11.6 Å². The van der Waals surface area contributed by atoms with Gasteiger partial charge in [0, 0.05) is 18.0 Å². The predicted molar refractivity (Wildman–Crippen MR) is 74.7 cm³/mol. The zero-order chi connectivity index (χ0) is 11.9. The number of nitrogens with one attached hydrogen (secondary N) is 1. The molecule has 0 aromatic heterocycles. The summed E-state index contributed by atoms with van der Waals surface area (Å²) >= 11 is 6.07. The Morgan fingerprint density at radius 3 is 2.47 bits per heavy atom. The molecule has 0 amide bonds. The van der Waals surface area contributed by atoms with E-state index in [0.717, 1.165) is 6.42 Å². The Morgan fingerprint density at radius 1 is 1.12 bits per heavy atom. The second-order valence-corrected chi connectivity index (χ2v) is 5.35. The molecule has 1 aromatic carbocycles. The molecule has 1 aliphatic rings. The van der Waals surface area contributed by atoms with Gasteiger partial charge in [-0.05, 0) is 24.8 Å². The first-order chi connectivity index (χ1) is 8.38. The highest BCUT2D eigenvalue weighted by Gasteiger charge is 2.17. The maximum Gasteiger partial charge on any atom is 0.0380 e. The van der Waals surface area contributed by atoms with Crippen molar-refractivity contribution < 1.29 is 0 Å². The largest absolute Gasteiger partial charge is 0.310 e. The fourth-order valence-corrected chi connectivity index (χ4v) is 2.86. The van der Waals surface area contributed by atoms with E-state index < -0.39 is 0 Å². The highest BCUT2D eigenvalue weighted by Crippen LogP contribution is 2.18. The van der Waals surface area contributed by atoms with Crippen molar-refractivity contribution in [1.29, 1.82) is 0 Å². The van der Waals surface area contributed by atoms with Gasteiger partial charge < -0.3 is 5.32 Å². The van der Waals surface area contributed by atoms with Crippen LogP contribution in [0.2, 0.25) is 0 Å². The van der Waals surface area contributed by atoms with Crippen molar-refractivity contribution in [2.24, 2.45) is 0 Å². The van der Waals surface area contributed by atoms with Crippen molar-refractivity contribution in [2.75, 3.05) is 5.88 Å². The van der Waals surface area contributed by atoms with E-state index in [-0.39, 0.29) is 0 Å². The fraction of sp³-hybridized carbons (Fsp3) is 0.600. The number of rotatable bonds is 5. The van der Waals surface area contributed by atoms with E-state index in [9.17, 15) is 0 Å². The van der Waals surface area contributed by atoms with Crippen LogP contribution >= 0.6 is 11.6 Å². The van der Waals surface area contributed by atoms with Crippen LogP contribution in [0.15, 0.2) is 30.3 Å². The first-order valence-electron chi connectivity index (χ1n) is 6.74. The molecule has 0 aliphatic heterocycles. The van der Waals surface area contributed by atoms with Crippen LogP contribution in [0.4, 0.5) is 0 Å². The molecule has 1 aromatic rings. The lowest BCUT2D eigenvalue weighted by Crippen LogP contribution is -2.41. The molecule has 1 saturated carbocycles. The lowest BCUT2D eigenvalue weighted by atomic mass is 9.94. The molecule has 1 atom stereocenters. The van der Waals surface area contributed by atoms with Gasteiger partial charge >= 0.3 is 0 Å². The van der Waals surface area contributed by atoms with Gasteiger partial charge in [0.25, 0.3) is 0 Å². The van der Waals surface area contributed by atoms with E-state index in [1.807, 2.05) is 0 Å². The minimum atomic E-state index is 0.419. The average molecular weight is 252 g/mol. The van der Waals surface area contributed by atoms with Gasteiger partial charge in [0.05, 0.1) is 0 Å². The lowest BCUT2D eigenvalue weighted by Gasteiger charge is -2.27. The normalized spacial score (nSPS) is 19.1. The second kappa shape index (κ2) is 7.03. The molecule has 0 heterocycles. The standard InChI is InChI=1S/C15H22ClN/c16-12-15(11-13-7-3-1-4-8-13)17-14-9-5-2-6-10-14/h1,3-4,7-8,14-15,17H,2,5-6,9-12H2. The zero-order valence-corrected chi connectivity index (χ0v) is 11.1. The molecular weight excluding hydrogens is 230 g/mol. The van der Waals surface area contributed by atoms with Crippen molar-refractivity contribution in [1.82, 2.24) is 5.32 Å². The molecule has 2 rings (SSSR count). The summed E-state index contributed by atoms with van der Waals surface area (Å²) < 4.78 is 0. The minimum Gasteiger partial charge on any atom is -0.310 e. The SMILES string of the molecule is ClCC(Cc1ccccc1)NC1CCCCC1. The molecule has 0 spiro atoms. The Hall–Kier alpha value is -0.530. The monoisotopic (exact) mass is 251 g/mol. The van der Waals surface area contributed by atoms with Gasteiger partial charge in [0.1, 0.15) is 0 Å². The van der Waals surface area contributed by atoms with Gasteiger partial charge in [0.2, 0.25) is 0 Å². The summed E-state index contributed by atoms with van der Waals surface area (Å²) in [5.41, 5.74) is 1.38. The van der Waals surface area contributed by atoms with Crippen molar-refractivity contribution >= 4 is 11.6 Å². The highest BCUT2D eigenvalue weighted by atomic mass is 35.5. The lowest BCUT2D eigenvalue weighted by molar-refractivity contribution is 0.344. The summed E-state index contributed by atoms with van der Waals surface area (Å²) in [5.74, 6) is 0.700. The Bertz CT molecular complexity index is 306. The van der Waals surface area contributed by atoms with Crippen LogP contribution in [0.1, 0.15) is 37.7 Å². The van der Waals surface area contributed by atoms with E-state index in [0.29, 0.717) is 18.0 Å². The molecule has 0 saturated heterocycles. The van der Waals surface area contributed by atoms with E-state index in [2.05, 4.69) is 35.6 Å². The van der Waals surface area contributed by atoms with Crippen LogP contribution < -0.4 is 5.32 Å². The summed E-state index contributed by atoms with van der Waals surface area (Å²) in [4.78, 5) is 0. The highest BCUT2D eigenvalue weighted by molar-refractivity contribution is 6.18. The third kappa shape index (κ3) is 4.33. The zero-order valence-electron chi connectivity index (χ0n) is 10.4. The molecule has 94 valence electrons. The average Bonchev–Trinajstić information content (AvgIpc) is 2.40. The first kappa shape index (κ1) is 12.9. The fourth-order valence-electron chi connectivity index (χ4n) is 2.66. The van der Waals surface area contributed by atoms with Crippen LogP contribution in [0.3, 0.4) is 0 Å². The Labute approximate surface area is 110 Å². The van der Waals surface area contributed by atoms with Crippen molar-refractivity contribution in [3.63, 3.8) is 0 Å². The number of hydrogen-bond acceptors (Lipinski definition) is 1. The quantitative estimate of drug-likeness (QED) is 0.786. The Morgan fingerprint density at radius 2 is 1.82 bits per heavy atom. The smallest absolute Gasteiger partial charge is 0.0380 e. The predicted octanol–water partition coefficient (Wildman–Crippen LogP) is 3.76. The maximum atomic E-state index is 6.07. The van der Waals surface area contributed by atoms with Crippen LogP contribution in [0, 0.1) is 0 Å².